The number of carbonyl (C=O) groups is 1. The number of esters is 1. The molecule has 2 aromatic rings. The Bertz CT molecular complexity index is 670. The molecule has 1 aromatic heterocycles. The highest BCUT2D eigenvalue weighted by Crippen LogP contribution is 2.26. The van der Waals surface area contributed by atoms with Crippen molar-refractivity contribution in [3.05, 3.63) is 47.8 Å². The van der Waals surface area contributed by atoms with Crippen molar-refractivity contribution in [3.8, 4) is 11.4 Å². The molecule has 6 nitrogen and oxygen atoms in total. The largest absolute Gasteiger partial charge is 0.461 e. The molecule has 0 radical (unpaired) electrons. The Kier molecular flexibility index (Phi) is 5.41. The molecule has 1 heterocycles. The highest BCUT2D eigenvalue weighted by molar-refractivity contribution is 5.87. The van der Waals surface area contributed by atoms with E-state index in [9.17, 15) is 4.79 Å². The summed E-state index contributed by atoms with van der Waals surface area (Å²) in [5.74, 6) is -1.19. The molecular formula is C17H20N2O4. The number of nitrogens with zero attached hydrogens (tertiary/aromatic N) is 2. The van der Waals surface area contributed by atoms with E-state index >= 15 is 0 Å². The fourth-order valence-corrected chi connectivity index (χ4v) is 2.00. The van der Waals surface area contributed by atoms with Crippen LogP contribution in [0.5, 0.6) is 0 Å². The number of aromatic nitrogens is 2. The summed E-state index contributed by atoms with van der Waals surface area (Å²) < 4.78 is 15.8. The number of rotatable bonds is 6. The molecule has 6 heteroatoms. The van der Waals surface area contributed by atoms with E-state index in [1.54, 1.807) is 13.8 Å². The number of hydrogen-bond acceptors (Lipinski definition) is 6. The average Bonchev–Trinajstić information content (AvgIpc) is 2.61. The standard InChI is InChI=1S/C17H20N2O4/c1-5-23-16(20)13-11-14(17(2,21-3)22-4)19-15(18-13)12-9-7-6-8-10-12/h6-11H,5H2,1-4H3. The zero-order valence-electron chi connectivity index (χ0n) is 13.7. The molecule has 23 heavy (non-hydrogen) atoms. The van der Waals surface area contributed by atoms with Gasteiger partial charge in [0.05, 0.1) is 6.61 Å². The maximum absolute atomic E-state index is 12.1. The molecule has 0 bridgehead atoms. The molecule has 0 amide bonds. The van der Waals surface area contributed by atoms with E-state index in [1.165, 1.54) is 20.3 Å². The quantitative estimate of drug-likeness (QED) is 0.603. The molecule has 0 aliphatic heterocycles. The van der Waals surface area contributed by atoms with Crippen LogP contribution in [0.3, 0.4) is 0 Å². The second-order valence-electron chi connectivity index (χ2n) is 4.90. The van der Waals surface area contributed by atoms with E-state index in [2.05, 4.69) is 9.97 Å². The van der Waals surface area contributed by atoms with Gasteiger partial charge in [-0.2, -0.15) is 0 Å². The summed E-state index contributed by atoms with van der Waals surface area (Å²) in [6.45, 7) is 3.73. The minimum Gasteiger partial charge on any atom is -0.461 e. The number of ether oxygens (including phenoxy) is 3. The lowest BCUT2D eigenvalue weighted by Crippen LogP contribution is -2.29. The lowest BCUT2D eigenvalue weighted by Gasteiger charge is -2.26. The number of carbonyl (C=O) groups excluding carboxylic acids is 1. The normalized spacial score (nSPS) is 11.3. The second kappa shape index (κ2) is 7.30. The summed E-state index contributed by atoms with van der Waals surface area (Å²) in [5.41, 5.74) is 1.39. The van der Waals surface area contributed by atoms with E-state index < -0.39 is 11.8 Å². The van der Waals surface area contributed by atoms with Crippen LogP contribution in [-0.2, 0) is 20.0 Å². The Morgan fingerprint density at radius 3 is 2.35 bits per heavy atom. The van der Waals surface area contributed by atoms with E-state index in [1.807, 2.05) is 30.3 Å². The Labute approximate surface area is 135 Å². The number of methoxy groups -OCH3 is 2. The van der Waals surface area contributed by atoms with Gasteiger partial charge < -0.3 is 14.2 Å². The van der Waals surface area contributed by atoms with E-state index in [0.29, 0.717) is 11.5 Å². The minimum atomic E-state index is -1.09. The zero-order chi connectivity index (χ0) is 16.9. The Balaban J connectivity index is 2.59. The molecule has 122 valence electrons. The van der Waals surface area contributed by atoms with Gasteiger partial charge in [0.25, 0.3) is 0 Å². The molecule has 0 N–H and O–H groups in total. The first-order valence-corrected chi connectivity index (χ1v) is 7.26. The minimum absolute atomic E-state index is 0.163. The van der Waals surface area contributed by atoms with E-state index in [4.69, 9.17) is 14.2 Å². The highest BCUT2D eigenvalue weighted by Gasteiger charge is 2.30. The topological polar surface area (TPSA) is 70.5 Å². The van der Waals surface area contributed by atoms with Crippen LogP contribution in [0.25, 0.3) is 11.4 Å². The van der Waals surface area contributed by atoms with Crippen LogP contribution in [0.15, 0.2) is 36.4 Å². The zero-order valence-corrected chi connectivity index (χ0v) is 13.7. The smallest absolute Gasteiger partial charge is 0.357 e. The summed E-state index contributed by atoms with van der Waals surface area (Å²) in [7, 11) is 3.02. The fraction of sp³-hybridized carbons (Fsp3) is 0.353. The molecule has 2 rings (SSSR count). The second-order valence-corrected chi connectivity index (χ2v) is 4.90. The molecule has 0 saturated carbocycles. The van der Waals surface area contributed by atoms with Gasteiger partial charge in [0.2, 0.25) is 5.79 Å². The van der Waals surface area contributed by atoms with Gasteiger partial charge in [-0.15, -0.1) is 0 Å². The van der Waals surface area contributed by atoms with Crippen LogP contribution >= 0.6 is 0 Å². The van der Waals surface area contributed by atoms with E-state index in [0.717, 1.165) is 5.56 Å². The van der Waals surface area contributed by atoms with Gasteiger partial charge in [0, 0.05) is 19.8 Å². The van der Waals surface area contributed by atoms with Gasteiger partial charge in [-0.1, -0.05) is 30.3 Å². The predicted octanol–water partition coefficient (Wildman–Crippen LogP) is 2.79. The molecule has 1 aromatic carbocycles. The Morgan fingerprint density at radius 1 is 1.13 bits per heavy atom. The molecule has 0 unspecified atom stereocenters. The van der Waals surface area contributed by atoms with Crippen LogP contribution in [0.4, 0.5) is 0 Å². The summed E-state index contributed by atoms with van der Waals surface area (Å²) >= 11 is 0. The van der Waals surface area contributed by atoms with Crippen LogP contribution in [-0.4, -0.2) is 36.8 Å². The lowest BCUT2D eigenvalue weighted by molar-refractivity contribution is -0.204. The highest BCUT2D eigenvalue weighted by atomic mass is 16.7. The average molecular weight is 316 g/mol. The number of hydrogen-bond donors (Lipinski definition) is 0. The maximum Gasteiger partial charge on any atom is 0.357 e. The summed E-state index contributed by atoms with van der Waals surface area (Å²) in [4.78, 5) is 20.9. The maximum atomic E-state index is 12.1. The van der Waals surface area contributed by atoms with Gasteiger partial charge in [-0.3, -0.25) is 0 Å². The van der Waals surface area contributed by atoms with E-state index in [-0.39, 0.29) is 12.3 Å². The van der Waals surface area contributed by atoms with Gasteiger partial charge in [-0.05, 0) is 19.9 Å². The van der Waals surface area contributed by atoms with Crippen molar-refractivity contribution in [1.29, 1.82) is 0 Å². The molecule has 0 aliphatic carbocycles. The van der Waals surface area contributed by atoms with Crippen molar-refractivity contribution >= 4 is 5.97 Å². The van der Waals surface area contributed by atoms with Gasteiger partial charge in [0.1, 0.15) is 5.69 Å². The van der Waals surface area contributed by atoms with Gasteiger partial charge in [-0.25, -0.2) is 14.8 Å². The van der Waals surface area contributed by atoms with Crippen molar-refractivity contribution in [1.82, 2.24) is 9.97 Å². The SMILES string of the molecule is CCOC(=O)c1cc(C(C)(OC)OC)nc(-c2ccccc2)n1. The third-order valence-corrected chi connectivity index (χ3v) is 3.49. The predicted molar refractivity (Wildman–Crippen MR) is 84.8 cm³/mol. The summed E-state index contributed by atoms with van der Waals surface area (Å²) in [6.07, 6.45) is 0. The summed E-state index contributed by atoms with van der Waals surface area (Å²) in [5, 5.41) is 0. The Hall–Kier alpha value is -2.31. The van der Waals surface area contributed by atoms with Crippen molar-refractivity contribution in [2.75, 3.05) is 20.8 Å². The molecule has 0 saturated heterocycles. The van der Waals surface area contributed by atoms with Crippen molar-refractivity contribution in [2.24, 2.45) is 0 Å². The van der Waals surface area contributed by atoms with Crippen LogP contribution in [0.2, 0.25) is 0 Å². The molecule has 0 fully saturated rings. The fourth-order valence-electron chi connectivity index (χ4n) is 2.00. The molecule has 0 spiro atoms. The first kappa shape index (κ1) is 17.1. The third kappa shape index (κ3) is 3.72. The Morgan fingerprint density at radius 2 is 1.78 bits per heavy atom. The van der Waals surface area contributed by atoms with Crippen molar-refractivity contribution in [2.45, 2.75) is 19.6 Å². The van der Waals surface area contributed by atoms with Gasteiger partial charge >= 0.3 is 5.97 Å². The summed E-state index contributed by atoms with van der Waals surface area (Å²) in [6, 6.07) is 10.9. The van der Waals surface area contributed by atoms with Crippen molar-refractivity contribution in [3.63, 3.8) is 0 Å². The van der Waals surface area contributed by atoms with Crippen LogP contribution in [0.1, 0.15) is 30.0 Å². The molecule has 0 aliphatic rings. The van der Waals surface area contributed by atoms with Crippen molar-refractivity contribution < 1.29 is 19.0 Å². The molecule has 0 atom stereocenters. The monoisotopic (exact) mass is 316 g/mol. The third-order valence-electron chi connectivity index (χ3n) is 3.49. The first-order valence-electron chi connectivity index (χ1n) is 7.26. The first-order chi connectivity index (χ1) is 11.0. The van der Waals surface area contributed by atoms with Crippen LogP contribution < -0.4 is 0 Å². The van der Waals surface area contributed by atoms with Gasteiger partial charge in [0.15, 0.2) is 11.5 Å². The number of benzene rings is 1. The molecular weight excluding hydrogens is 296 g/mol. The lowest BCUT2D eigenvalue weighted by atomic mass is 10.1. The van der Waals surface area contributed by atoms with Crippen LogP contribution in [0, 0.1) is 0 Å².